The summed E-state index contributed by atoms with van der Waals surface area (Å²) in [6, 6.07) is 5.54. The van der Waals surface area contributed by atoms with Crippen molar-refractivity contribution in [3.05, 3.63) is 23.8 Å². The summed E-state index contributed by atoms with van der Waals surface area (Å²) >= 11 is 0. The molecule has 18 heavy (non-hydrogen) atoms. The minimum Gasteiger partial charge on any atom is -0.493 e. The summed E-state index contributed by atoms with van der Waals surface area (Å²) in [7, 11) is 0. The zero-order chi connectivity index (χ0) is 13.1. The number of hydrogen-bond donors (Lipinski definition) is 2. The van der Waals surface area contributed by atoms with Crippen molar-refractivity contribution in [1.29, 1.82) is 0 Å². The van der Waals surface area contributed by atoms with Gasteiger partial charge in [-0.1, -0.05) is 23.3 Å². The first kappa shape index (κ1) is 12.1. The summed E-state index contributed by atoms with van der Waals surface area (Å²) in [4.78, 5) is 13.9. The summed E-state index contributed by atoms with van der Waals surface area (Å²) in [6.07, 6.45) is -0.779. The Morgan fingerprint density at radius 2 is 2.28 bits per heavy atom. The molecule has 0 unspecified atom stereocenters. The lowest BCUT2D eigenvalue weighted by Gasteiger charge is -1.95. The number of rotatable bonds is 2. The fourth-order valence-electron chi connectivity index (χ4n) is 1.68. The summed E-state index contributed by atoms with van der Waals surface area (Å²) in [5, 5.41) is 17.6. The van der Waals surface area contributed by atoms with Gasteiger partial charge in [-0.15, -0.1) is 5.11 Å². The molecule has 0 aliphatic heterocycles. The highest BCUT2D eigenvalue weighted by Crippen LogP contribution is 2.36. The Labute approximate surface area is 103 Å². The monoisotopic (exact) mass is 247 g/mol. The number of nitrogens with one attached hydrogen (secondary N) is 1. The van der Waals surface area contributed by atoms with Crippen LogP contribution in [0.25, 0.3) is 10.9 Å². The third kappa shape index (κ3) is 2.17. The van der Waals surface area contributed by atoms with Crippen molar-refractivity contribution in [2.24, 2.45) is 10.2 Å². The molecule has 0 aliphatic carbocycles. The Morgan fingerprint density at radius 1 is 1.50 bits per heavy atom. The molecular formula is C12H13N3O3. The van der Waals surface area contributed by atoms with Crippen LogP contribution in [-0.2, 0) is 4.74 Å². The van der Waals surface area contributed by atoms with Crippen LogP contribution in [0.1, 0.15) is 12.5 Å². The van der Waals surface area contributed by atoms with Crippen molar-refractivity contribution in [3.8, 4) is 5.88 Å². The van der Waals surface area contributed by atoms with Crippen molar-refractivity contribution in [2.45, 2.75) is 13.8 Å². The number of benzene rings is 1. The Hall–Kier alpha value is -2.37. The Balaban J connectivity index is 2.42. The lowest BCUT2D eigenvalue weighted by atomic mass is 10.1. The van der Waals surface area contributed by atoms with Crippen LogP contribution in [0.15, 0.2) is 28.4 Å². The number of H-pyrrole nitrogens is 1. The molecular weight excluding hydrogens is 234 g/mol. The lowest BCUT2D eigenvalue weighted by molar-refractivity contribution is 0.162. The minimum absolute atomic E-state index is 0.118. The second kappa shape index (κ2) is 4.87. The quantitative estimate of drug-likeness (QED) is 0.797. The average molecular weight is 247 g/mol. The van der Waals surface area contributed by atoms with Crippen molar-refractivity contribution in [3.63, 3.8) is 0 Å². The summed E-state index contributed by atoms with van der Waals surface area (Å²) in [5.74, 6) is -0.118. The molecule has 0 aliphatic rings. The molecule has 94 valence electrons. The molecule has 0 saturated heterocycles. The van der Waals surface area contributed by atoms with Gasteiger partial charge >= 0.3 is 6.09 Å². The fraction of sp³-hybridized carbons (Fsp3) is 0.250. The van der Waals surface area contributed by atoms with Crippen LogP contribution in [0.3, 0.4) is 0 Å². The first-order valence-electron chi connectivity index (χ1n) is 5.52. The third-order valence-corrected chi connectivity index (χ3v) is 2.50. The first-order valence-corrected chi connectivity index (χ1v) is 5.52. The van der Waals surface area contributed by atoms with Gasteiger partial charge in [-0.3, -0.25) is 0 Å². The molecule has 0 radical (unpaired) electrons. The van der Waals surface area contributed by atoms with Crippen LogP contribution in [0, 0.1) is 6.92 Å². The van der Waals surface area contributed by atoms with E-state index in [1.165, 1.54) is 0 Å². The maximum atomic E-state index is 11.1. The molecule has 1 amide bonds. The van der Waals surface area contributed by atoms with E-state index < -0.39 is 6.09 Å². The standard InChI is InChI=1S/C12H13N3O3/c1-3-18-12(17)15-14-10-8-6-4-5-7(2)9(8)13-11(10)16/h4-6,13,16H,3H2,1-2H3. The number of carbonyl (C=O) groups is 1. The second-order valence-electron chi connectivity index (χ2n) is 3.72. The first-order chi connectivity index (χ1) is 8.63. The normalized spacial score (nSPS) is 11.2. The molecule has 0 atom stereocenters. The number of aromatic nitrogens is 1. The highest BCUT2D eigenvalue weighted by Gasteiger charge is 2.12. The van der Waals surface area contributed by atoms with Crippen molar-refractivity contribution in [1.82, 2.24) is 4.98 Å². The van der Waals surface area contributed by atoms with Crippen molar-refractivity contribution < 1.29 is 14.6 Å². The number of ether oxygens (including phenoxy) is 1. The van der Waals surface area contributed by atoms with E-state index in [1.54, 1.807) is 13.0 Å². The van der Waals surface area contributed by atoms with Crippen LogP contribution in [0.5, 0.6) is 5.88 Å². The number of fused-ring (bicyclic) bond motifs is 1. The van der Waals surface area contributed by atoms with Crippen LogP contribution < -0.4 is 0 Å². The molecule has 1 heterocycles. The molecule has 1 aromatic carbocycles. The summed E-state index contributed by atoms with van der Waals surface area (Å²) in [6.45, 7) is 3.82. The van der Waals surface area contributed by atoms with Crippen LogP contribution in [0.4, 0.5) is 10.5 Å². The van der Waals surface area contributed by atoms with Gasteiger partial charge in [-0.25, -0.2) is 4.79 Å². The molecule has 0 spiro atoms. The van der Waals surface area contributed by atoms with E-state index in [1.807, 2.05) is 19.1 Å². The van der Waals surface area contributed by atoms with E-state index in [9.17, 15) is 9.90 Å². The van der Waals surface area contributed by atoms with Gasteiger partial charge in [0, 0.05) is 5.39 Å². The molecule has 0 fully saturated rings. The Bertz CT molecular complexity index is 616. The van der Waals surface area contributed by atoms with Gasteiger partial charge in [0.2, 0.25) is 5.88 Å². The maximum Gasteiger partial charge on any atom is 0.452 e. The maximum absolute atomic E-state index is 11.1. The van der Waals surface area contributed by atoms with Gasteiger partial charge in [-0.05, 0) is 19.4 Å². The van der Waals surface area contributed by atoms with E-state index in [0.717, 1.165) is 11.1 Å². The van der Waals surface area contributed by atoms with E-state index in [-0.39, 0.29) is 18.2 Å². The number of azo groups is 1. The number of hydrogen-bond acceptors (Lipinski definition) is 4. The van der Waals surface area contributed by atoms with Crippen LogP contribution in [0.2, 0.25) is 0 Å². The average Bonchev–Trinajstić information content (AvgIpc) is 2.65. The van der Waals surface area contributed by atoms with E-state index >= 15 is 0 Å². The van der Waals surface area contributed by atoms with Gasteiger partial charge in [0.15, 0.2) is 5.69 Å². The minimum atomic E-state index is -0.779. The van der Waals surface area contributed by atoms with Gasteiger partial charge in [0.05, 0.1) is 12.1 Å². The second-order valence-corrected chi connectivity index (χ2v) is 3.72. The zero-order valence-electron chi connectivity index (χ0n) is 10.1. The Morgan fingerprint density at radius 3 is 3.00 bits per heavy atom. The number of carbonyl (C=O) groups excluding carboxylic acids is 1. The number of aromatic amines is 1. The largest absolute Gasteiger partial charge is 0.493 e. The molecule has 6 nitrogen and oxygen atoms in total. The van der Waals surface area contributed by atoms with Crippen LogP contribution >= 0.6 is 0 Å². The van der Waals surface area contributed by atoms with Crippen LogP contribution in [-0.4, -0.2) is 22.8 Å². The zero-order valence-corrected chi connectivity index (χ0v) is 10.1. The number of nitrogens with zero attached hydrogens (tertiary/aromatic N) is 2. The molecule has 2 aromatic rings. The Kier molecular flexibility index (Phi) is 3.27. The number of aryl methyl sites for hydroxylation is 1. The van der Waals surface area contributed by atoms with E-state index in [0.29, 0.717) is 5.39 Å². The lowest BCUT2D eigenvalue weighted by Crippen LogP contribution is -1.95. The van der Waals surface area contributed by atoms with E-state index in [2.05, 4.69) is 19.9 Å². The third-order valence-electron chi connectivity index (χ3n) is 2.50. The predicted octanol–water partition coefficient (Wildman–Crippen LogP) is 3.42. The molecule has 0 saturated carbocycles. The smallest absolute Gasteiger partial charge is 0.452 e. The summed E-state index contributed by atoms with van der Waals surface area (Å²) in [5.41, 5.74) is 1.98. The molecule has 6 heteroatoms. The molecule has 0 bridgehead atoms. The number of amides is 1. The van der Waals surface area contributed by atoms with Crippen molar-refractivity contribution in [2.75, 3.05) is 6.61 Å². The van der Waals surface area contributed by atoms with Crippen molar-refractivity contribution >= 4 is 22.7 Å². The van der Waals surface area contributed by atoms with Gasteiger partial charge < -0.3 is 14.8 Å². The topological polar surface area (TPSA) is 87.0 Å². The highest BCUT2D eigenvalue weighted by atomic mass is 16.5. The molecule has 2 rings (SSSR count). The highest BCUT2D eigenvalue weighted by molar-refractivity contribution is 5.96. The van der Waals surface area contributed by atoms with Gasteiger partial charge in [-0.2, -0.15) is 0 Å². The van der Waals surface area contributed by atoms with Gasteiger partial charge in [0.25, 0.3) is 0 Å². The number of para-hydroxylation sites is 1. The van der Waals surface area contributed by atoms with E-state index in [4.69, 9.17) is 0 Å². The predicted molar refractivity (Wildman–Crippen MR) is 66.2 cm³/mol. The summed E-state index contributed by atoms with van der Waals surface area (Å²) < 4.78 is 4.62. The molecule has 2 N–H and O–H groups in total. The fourth-order valence-corrected chi connectivity index (χ4v) is 1.68. The molecule has 1 aromatic heterocycles. The van der Waals surface area contributed by atoms with Gasteiger partial charge in [0.1, 0.15) is 0 Å². The number of aromatic hydroxyl groups is 1. The SMILES string of the molecule is CCOC(=O)N=Nc1c(O)[nH]c2c(C)cccc12.